The highest BCUT2D eigenvalue weighted by Gasteiger charge is 2.09. The molecule has 0 aliphatic carbocycles. The van der Waals surface area contributed by atoms with Crippen LogP contribution in [0.25, 0.3) is 17.5 Å². The van der Waals surface area contributed by atoms with Crippen LogP contribution >= 0.6 is 15.9 Å². The second-order valence-electron chi connectivity index (χ2n) is 5.35. The summed E-state index contributed by atoms with van der Waals surface area (Å²) < 4.78 is 11.2. The minimum atomic E-state index is -0.247. The molecule has 1 heterocycles. The Hall–Kier alpha value is -2.93. The molecule has 1 amide bonds. The van der Waals surface area contributed by atoms with Gasteiger partial charge in [-0.05, 0) is 35.9 Å². The second-order valence-corrected chi connectivity index (χ2v) is 6.26. The van der Waals surface area contributed by atoms with Gasteiger partial charge in [0.05, 0.1) is 13.7 Å². The van der Waals surface area contributed by atoms with Crippen molar-refractivity contribution in [2.45, 2.75) is 6.54 Å². The van der Waals surface area contributed by atoms with Gasteiger partial charge >= 0.3 is 0 Å². The number of benzene rings is 2. The van der Waals surface area contributed by atoms with E-state index < -0.39 is 0 Å². The van der Waals surface area contributed by atoms with E-state index in [9.17, 15) is 4.79 Å². The summed E-state index contributed by atoms with van der Waals surface area (Å²) in [6.07, 6.45) is 3.17. The van der Waals surface area contributed by atoms with Gasteiger partial charge in [0, 0.05) is 16.1 Å². The molecule has 1 N–H and O–H groups in total. The maximum absolute atomic E-state index is 11.9. The summed E-state index contributed by atoms with van der Waals surface area (Å²) in [6, 6.07) is 15.0. The van der Waals surface area contributed by atoms with E-state index in [1.54, 1.807) is 13.2 Å². The lowest BCUT2D eigenvalue weighted by molar-refractivity contribution is -0.116. The molecule has 0 radical (unpaired) electrons. The zero-order valence-electron chi connectivity index (χ0n) is 14.0. The van der Waals surface area contributed by atoms with Gasteiger partial charge in [-0.15, -0.1) is 0 Å². The van der Waals surface area contributed by atoms with Crippen LogP contribution in [0.3, 0.4) is 0 Å². The molecule has 0 unspecified atom stereocenters. The Labute approximate surface area is 159 Å². The van der Waals surface area contributed by atoms with E-state index in [1.165, 1.54) is 6.08 Å². The van der Waals surface area contributed by atoms with Gasteiger partial charge in [-0.1, -0.05) is 45.4 Å². The number of rotatable bonds is 6. The van der Waals surface area contributed by atoms with Crippen LogP contribution in [0.15, 0.2) is 63.6 Å². The van der Waals surface area contributed by atoms with Gasteiger partial charge in [-0.25, -0.2) is 0 Å². The summed E-state index contributed by atoms with van der Waals surface area (Å²) in [4.78, 5) is 16.2. The van der Waals surface area contributed by atoms with Crippen LogP contribution in [-0.2, 0) is 11.3 Å². The van der Waals surface area contributed by atoms with Crippen molar-refractivity contribution in [3.63, 3.8) is 0 Å². The first-order valence-electron chi connectivity index (χ1n) is 7.82. The van der Waals surface area contributed by atoms with Crippen LogP contribution in [0.2, 0.25) is 0 Å². The van der Waals surface area contributed by atoms with Gasteiger partial charge in [0.2, 0.25) is 17.6 Å². The fourth-order valence-electron chi connectivity index (χ4n) is 2.18. The number of nitrogens with zero attached hydrogens (tertiary/aromatic N) is 2. The molecule has 3 rings (SSSR count). The van der Waals surface area contributed by atoms with Crippen molar-refractivity contribution in [1.82, 2.24) is 15.5 Å². The number of hydrogen-bond donors (Lipinski definition) is 1. The van der Waals surface area contributed by atoms with Crippen molar-refractivity contribution in [3.05, 3.63) is 70.5 Å². The Bertz CT molecular complexity index is 920. The van der Waals surface area contributed by atoms with E-state index in [4.69, 9.17) is 9.26 Å². The number of hydrogen-bond acceptors (Lipinski definition) is 5. The number of halogens is 1. The Kier molecular flexibility index (Phi) is 5.80. The van der Waals surface area contributed by atoms with Gasteiger partial charge < -0.3 is 14.6 Å². The highest BCUT2D eigenvalue weighted by molar-refractivity contribution is 9.10. The van der Waals surface area contributed by atoms with Crippen molar-refractivity contribution in [2.24, 2.45) is 0 Å². The standard InChI is InChI=1S/C19H16BrN3O3/c1-25-16-8-5-13(6-9-16)7-10-17(24)21-12-18-22-19(23-26-18)14-3-2-4-15(20)11-14/h2-11H,12H2,1H3,(H,21,24)/b10-7+. The van der Waals surface area contributed by atoms with Gasteiger partial charge in [0.25, 0.3) is 0 Å². The molecule has 0 bridgehead atoms. The van der Waals surface area contributed by atoms with Crippen molar-refractivity contribution < 1.29 is 14.1 Å². The first kappa shape index (κ1) is 17.9. The van der Waals surface area contributed by atoms with Gasteiger partial charge in [0.15, 0.2) is 0 Å². The van der Waals surface area contributed by atoms with Crippen LogP contribution in [-0.4, -0.2) is 23.2 Å². The minimum Gasteiger partial charge on any atom is -0.497 e. The summed E-state index contributed by atoms with van der Waals surface area (Å²) in [5, 5.41) is 6.64. The molecule has 2 aromatic carbocycles. The molecule has 3 aromatic rings. The molecule has 7 heteroatoms. The molecule has 132 valence electrons. The van der Waals surface area contributed by atoms with Crippen LogP contribution in [0.5, 0.6) is 5.75 Å². The third kappa shape index (κ3) is 4.80. The smallest absolute Gasteiger partial charge is 0.246 e. The number of ether oxygens (including phenoxy) is 1. The maximum atomic E-state index is 11.9. The Morgan fingerprint density at radius 2 is 2.08 bits per heavy atom. The van der Waals surface area contributed by atoms with Gasteiger partial charge in [0.1, 0.15) is 5.75 Å². The number of aromatic nitrogens is 2. The molecular weight excluding hydrogens is 398 g/mol. The number of methoxy groups -OCH3 is 1. The predicted octanol–water partition coefficient (Wildman–Crippen LogP) is 3.84. The van der Waals surface area contributed by atoms with Crippen LogP contribution in [0.4, 0.5) is 0 Å². The third-order valence-electron chi connectivity index (χ3n) is 3.51. The van der Waals surface area contributed by atoms with E-state index in [0.29, 0.717) is 11.7 Å². The average molecular weight is 414 g/mol. The fraction of sp³-hybridized carbons (Fsp3) is 0.105. The topological polar surface area (TPSA) is 77.2 Å². The number of carbonyl (C=O) groups is 1. The van der Waals surface area contributed by atoms with E-state index in [2.05, 4.69) is 31.4 Å². The molecule has 0 aliphatic rings. The van der Waals surface area contributed by atoms with E-state index in [-0.39, 0.29) is 12.5 Å². The average Bonchev–Trinajstić information content (AvgIpc) is 3.14. The van der Waals surface area contributed by atoms with Crippen molar-refractivity contribution >= 4 is 27.9 Å². The summed E-state index contributed by atoms with van der Waals surface area (Å²) >= 11 is 3.40. The lowest BCUT2D eigenvalue weighted by Crippen LogP contribution is -2.20. The van der Waals surface area contributed by atoms with Crippen molar-refractivity contribution in [2.75, 3.05) is 7.11 Å². The lowest BCUT2D eigenvalue weighted by atomic mass is 10.2. The summed E-state index contributed by atoms with van der Waals surface area (Å²) in [5.41, 5.74) is 1.73. The van der Waals surface area contributed by atoms with Gasteiger partial charge in [-0.2, -0.15) is 4.98 Å². The predicted molar refractivity (Wildman–Crippen MR) is 101 cm³/mol. The van der Waals surface area contributed by atoms with Crippen molar-refractivity contribution in [1.29, 1.82) is 0 Å². The SMILES string of the molecule is COc1ccc(/C=C/C(=O)NCc2nc(-c3cccc(Br)c3)no2)cc1. The van der Waals surface area contributed by atoms with Crippen LogP contribution in [0, 0.1) is 0 Å². The molecule has 0 fully saturated rings. The molecule has 1 aromatic heterocycles. The molecule has 0 saturated heterocycles. The Morgan fingerprint density at radius 3 is 2.81 bits per heavy atom. The first-order chi connectivity index (χ1) is 12.6. The zero-order chi connectivity index (χ0) is 18.4. The fourth-order valence-corrected chi connectivity index (χ4v) is 2.58. The summed E-state index contributed by atoms with van der Waals surface area (Å²) in [6.45, 7) is 0.160. The number of amides is 1. The van der Waals surface area contributed by atoms with Crippen molar-refractivity contribution in [3.8, 4) is 17.1 Å². The van der Waals surface area contributed by atoms with Gasteiger partial charge in [-0.3, -0.25) is 4.79 Å². The Balaban J connectivity index is 1.55. The molecular formula is C19H16BrN3O3. The first-order valence-corrected chi connectivity index (χ1v) is 8.62. The second kappa shape index (κ2) is 8.44. The van der Waals surface area contributed by atoms with E-state index in [1.807, 2.05) is 48.5 Å². The molecule has 0 spiro atoms. The largest absolute Gasteiger partial charge is 0.497 e. The third-order valence-corrected chi connectivity index (χ3v) is 4.00. The molecule has 0 atom stereocenters. The highest BCUT2D eigenvalue weighted by Crippen LogP contribution is 2.20. The number of nitrogens with one attached hydrogen (secondary N) is 1. The normalized spacial score (nSPS) is 10.8. The summed E-state index contributed by atoms with van der Waals surface area (Å²) in [7, 11) is 1.61. The highest BCUT2D eigenvalue weighted by atomic mass is 79.9. The van der Waals surface area contributed by atoms with Crippen LogP contribution < -0.4 is 10.1 Å². The lowest BCUT2D eigenvalue weighted by Gasteiger charge is -1.99. The molecule has 0 aliphatic heterocycles. The minimum absolute atomic E-state index is 0.160. The monoisotopic (exact) mass is 413 g/mol. The molecule has 26 heavy (non-hydrogen) atoms. The maximum Gasteiger partial charge on any atom is 0.246 e. The molecule has 0 saturated carbocycles. The number of carbonyl (C=O) groups excluding carboxylic acids is 1. The van der Waals surface area contributed by atoms with E-state index in [0.717, 1.165) is 21.3 Å². The quantitative estimate of drug-likeness (QED) is 0.621. The summed E-state index contributed by atoms with van der Waals surface area (Å²) in [5.74, 6) is 1.34. The molecule has 6 nitrogen and oxygen atoms in total. The van der Waals surface area contributed by atoms with Crippen LogP contribution in [0.1, 0.15) is 11.5 Å². The zero-order valence-corrected chi connectivity index (χ0v) is 15.6. The van der Waals surface area contributed by atoms with E-state index >= 15 is 0 Å². The Morgan fingerprint density at radius 1 is 1.27 bits per heavy atom.